The molecule has 4 heteroatoms. The molecule has 0 atom stereocenters. The van der Waals surface area contributed by atoms with Crippen molar-refractivity contribution in [1.82, 2.24) is 4.90 Å². The molecule has 0 spiro atoms. The van der Waals surface area contributed by atoms with Crippen LogP contribution in [0.2, 0.25) is 0 Å². The molecule has 0 saturated heterocycles. The summed E-state index contributed by atoms with van der Waals surface area (Å²) in [5, 5.41) is 18.0. The summed E-state index contributed by atoms with van der Waals surface area (Å²) in [6.45, 7) is 3.71. The standard InChI is InChI=1S/C14H18N2O2/c1-14(2,11-15)13(18)16(8-9-17)10-12-6-4-3-5-7-12/h3-7,17H,8-10H2,1-2H3. The fourth-order valence-corrected chi connectivity index (χ4v) is 1.62. The molecule has 0 bridgehead atoms. The molecule has 1 amide bonds. The quantitative estimate of drug-likeness (QED) is 0.857. The second kappa shape index (κ2) is 6.18. The first kappa shape index (κ1) is 14.2. The average molecular weight is 246 g/mol. The number of hydrogen-bond acceptors (Lipinski definition) is 3. The summed E-state index contributed by atoms with van der Waals surface area (Å²) in [7, 11) is 0. The molecule has 1 aromatic carbocycles. The summed E-state index contributed by atoms with van der Waals surface area (Å²) in [6.07, 6.45) is 0. The molecule has 0 heterocycles. The topological polar surface area (TPSA) is 64.3 Å². The Hall–Kier alpha value is -1.86. The Morgan fingerprint density at radius 1 is 1.39 bits per heavy atom. The van der Waals surface area contributed by atoms with Gasteiger partial charge in [0.15, 0.2) is 0 Å². The van der Waals surface area contributed by atoms with Gasteiger partial charge in [-0.3, -0.25) is 4.79 Å². The summed E-state index contributed by atoms with van der Waals surface area (Å²) < 4.78 is 0. The van der Waals surface area contributed by atoms with Gasteiger partial charge in [0.05, 0.1) is 12.7 Å². The molecule has 0 aliphatic heterocycles. The molecule has 0 radical (unpaired) electrons. The third-order valence-corrected chi connectivity index (χ3v) is 2.69. The molecule has 0 unspecified atom stereocenters. The number of carbonyl (C=O) groups excluding carboxylic acids is 1. The van der Waals surface area contributed by atoms with Crippen LogP contribution in [0.15, 0.2) is 30.3 Å². The van der Waals surface area contributed by atoms with E-state index in [9.17, 15) is 4.79 Å². The Balaban J connectivity index is 2.84. The summed E-state index contributed by atoms with van der Waals surface area (Å²) in [4.78, 5) is 13.7. The Labute approximate surface area is 107 Å². The predicted molar refractivity (Wildman–Crippen MR) is 68.3 cm³/mol. The number of rotatable bonds is 5. The molecular weight excluding hydrogens is 228 g/mol. The van der Waals surface area contributed by atoms with Crippen molar-refractivity contribution < 1.29 is 9.90 Å². The zero-order chi connectivity index (χ0) is 13.6. The van der Waals surface area contributed by atoms with Crippen molar-refractivity contribution in [2.75, 3.05) is 13.2 Å². The summed E-state index contributed by atoms with van der Waals surface area (Å²) >= 11 is 0. The molecular formula is C14H18N2O2. The van der Waals surface area contributed by atoms with Crippen LogP contribution in [0, 0.1) is 16.7 Å². The third-order valence-electron chi connectivity index (χ3n) is 2.69. The lowest BCUT2D eigenvalue weighted by molar-refractivity contribution is -0.138. The van der Waals surface area contributed by atoms with E-state index in [0.29, 0.717) is 6.54 Å². The van der Waals surface area contributed by atoms with E-state index in [1.165, 1.54) is 4.90 Å². The van der Waals surface area contributed by atoms with Crippen molar-refractivity contribution in [2.24, 2.45) is 5.41 Å². The lowest BCUT2D eigenvalue weighted by Crippen LogP contribution is -2.41. The Kier molecular flexibility index (Phi) is 4.87. The molecule has 18 heavy (non-hydrogen) atoms. The number of hydrogen-bond donors (Lipinski definition) is 1. The maximum absolute atomic E-state index is 12.2. The summed E-state index contributed by atoms with van der Waals surface area (Å²) in [5.74, 6) is -0.261. The maximum Gasteiger partial charge on any atom is 0.242 e. The van der Waals surface area contributed by atoms with Crippen LogP contribution in [0.1, 0.15) is 19.4 Å². The minimum Gasteiger partial charge on any atom is -0.395 e. The smallest absolute Gasteiger partial charge is 0.242 e. The highest BCUT2D eigenvalue weighted by atomic mass is 16.3. The number of aliphatic hydroxyl groups excluding tert-OH is 1. The fourth-order valence-electron chi connectivity index (χ4n) is 1.62. The van der Waals surface area contributed by atoms with Crippen LogP contribution in [0.5, 0.6) is 0 Å². The molecule has 96 valence electrons. The van der Waals surface area contributed by atoms with Gasteiger partial charge in [-0.2, -0.15) is 5.26 Å². The lowest BCUT2D eigenvalue weighted by atomic mass is 9.93. The first-order chi connectivity index (χ1) is 8.51. The van der Waals surface area contributed by atoms with Crippen LogP contribution in [0.25, 0.3) is 0 Å². The van der Waals surface area contributed by atoms with E-state index in [1.807, 2.05) is 36.4 Å². The summed E-state index contributed by atoms with van der Waals surface area (Å²) in [6, 6.07) is 11.5. The molecule has 0 aliphatic rings. The van der Waals surface area contributed by atoms with Gasteiger partial charge in [0.2, 0.25) is 5.91 Å². The lowest BCUT2D eigenvalue weighted by Gasteiger charge is -2.27. The van der Waals surface area contributed by atoms with Gasteiger partial charge in [0.25, 0.3) is 0 Å². The van der Waals surface area contributed by atoms with Crippen LogP contribution >= 0.6 is 0 Å². The monoisotopic (exact) mass is 246 g/mol. The van der Waals surface area contributed by atoms with Gasteiger partial charge in [0.1, 0.15) is 5.41 Å². The minimum atomic E-state index is -1.07. The van der Waals surface area contributed by atoms with Crippen LogP contribution in [0.3, 0.4) is 0 Å². The second-order valence-corrected chi connectivity index (χ2v) is 4.67. The highest BCUT2D eigenvalue weighted by Gasteiger charge is 2.31. The van der Waals surface area contributed by atoms with E-state index in [0.717, 1.165) is 5.56 Å². The molecule has 4 nitrogen and oxygen atoms in total. The van der Waals surface area contributed by atoms with Gasteiger partial charge in [-0.1, -0.05) is 30.3 Å². The molecule has 0 fully saturated rings. The largest absolute Gasteiger partial charge is 0.395 e. The van der Waals surface area contributed by atoms with Crippen molar-refractivity contribution in [3.05, 3.63) is 35.9 Å². The van der Waals surface area contributed by atoms with Crippen molar-refractivity contribution in [1.29, 1.82) is 5.26 Å². The number of aliphatic hydroxyl groups is 1. The number of nitrogens with zero attached hydrogens (tertiary/aromatic N) is 2. The average Bonchev–Trinajstić information content (AvgIpc) is 2.38. The van der Waals surface area contributed by atoms with Crippen LogP contribution in [-0.2, 0) is 11.3 Å². The molecule has 0 aliphatic carbocycles. The van der Waals surface area contributed by atoms with Gasteiger partial charge < -0.3 is 10.0 Å². The van der Waals surface area contributed by atoms with Gasteiger partial charge >= 0.3 is 0 Å². The van der Waals surface area contributed by atoms with E-state index < -0.39 is 5.41 Å². The van der Waals surface area contributed by atoms with E-state index in [4.69, 9.17) is 10.4 Å². The zero-order valence-corrected chi connectivity index (χ0v) is 10.8. The summed E-state index contributed by atoms with van der Waals surface area (Å²) in [5.41, 5.74) is -0.0859. The maximum atomic E-state index is 12.2. The number of nitriles is 1. The minimum absolute atomic E-state index is 0.111. The SMILES string of the molecule is CC(C)(C#N)C(=O)N(CCO)Cc1ccccc1. The number of carbonyl (C=O) groups is 1. The fraction of sp³-hybridized carbons (Fsp3) is 0.429. The molecule has 1 aromatic rings. The molecule has 0 aromatic heterocycles. The van der Waals surface area contributed by atoms with E-state index in [-0.39, 0.29) is 19.1 Å². The van der Waals surface area contributed by atoms with Crippen molar-refractivity contribution in [2.45, 2.75) is 20.4 Å². The van der Waals surface area contributed by atoms with Gasteiger partial charge in [-0.15, -0.1) is 0 Å². The Morgan fingerprint density at radius 3 is 2.50 bits per heavy atom. The van der Waals surface area contributed by atoms with Crippen LogP contribution in [-0.4, -0.2) is 29.1 Å². The van der Waals surface area contributed by atoms with Gasteiger partial charge in [0, 0.05) is 13.1 Å². The number of amides is 1. The highest BCUT2D eigenvalue weighted by Crippen LogP contribution is 2.19. The Bertz CT molecular complexity index is 435. The molecule has 1 N–H and O–H groups in total. The van der Waals surface area contributed by atoms with Crippen molar-refractivity contribution in [3.63, 3.8) is 0 Å². The van der Waals surface area contributed by atoms with E-state index >= 15 is 0 Å². The highest BCUT2D eigenvalue weighted by molar-refractivity contribution is 5.84. The van der Waals surface area contributed by atoms with E-state index in [2.05, 4.69) is 0 Å². The second-order valence-electron chi connectivity index (χ2n) is 4.67. The van der Waals surface area contributed by atoms with Gasteiger partial charge in [-0.05, 0) is 19.4 Å². The normalized spacial score (nSPS) is 10.8. The Morgan fingerprint density at radius 2 is 2.00 bits per heavy atom. The molecule has 0 saturated carbocycles. The van der Waals surface area contributed by atoms with Crippen molar-refractivity contribution in [3.8, 4) is 6.07 Å². The molecule has 1 rings (SSSR count). The first-order valence-corrected chi connectivity index (χ1v) is 5.86. The number of benzene rings is 1. The third kappa shape index (κ3) is 3.57. The van der Waals surface area contributed by atoms with E-state index in [1.54, 1.807) is 13.8 Å². The predicted octanol–water partition coefficient (Wildman–Crippen LogP) is 1.56. The van der Waals surface area contributed by atoms with Crippen LogP contribution in [0.4, 0.5) is 0 Å². The first-order valence-electron chi connectivity index (χ1n) is 5.86. The van der Waals surface area contributed by atoms with Crippen molar-refractivity contribution >= 4 is 5.91 Å². The van der Waals surface area contributed by atoms with Gasteiger partial charge in [-0.25, -0.2) is 0 Å². The zero-order valence-electron chi connectivity index (χ0n) is 10.8. The van der Waals surface area contributed by atoms with Crippen LogP contribution < -0.4 is 0 Å².